The van der Waals surface area contributed by atoms with E-state index in [-0.39, 0.29) is 11.4 Å². The molecule has 0 aliphatic rings. The summed E-state index contributed by atoms with van der Waals surface area (Å²) >= 11 is 0. The molecule has 8 heteroatoms. The molecule has 108 valence electrons. The number of benzene rings is 1. The molecule has 1 aromatic carbocycles. The van der Waals surface area contributed by atoms with Crippen molar-refractivity contribution in [2.24, 2.45) is 7.05 Å². The number of rotatable bonds is 4. The Morgan fingerprint density at radius 1 is 1.30 bits per heavy atom. The summed E-state index contributed by atoms with van der Waals surface area (Å²) in [6.07, 6.45) is 3.22. The van der Waals surface area contributed by atoms with Crippen LogP contribution in [-0.4, -0.2) is 29.6 Å². The highest BCUT2D eigenvalue weighted by atomic mass is 32.2. The number of nitrogens with zero attached hydrogens (tertiary/aromatic N) is 3. The van der Waals surface area contributed by atoms with Crippen molar-refractivity contribution in [1.29, 1.82) is 0 Å². The van der Waals surface area contributed by atoms with Crippen LogP contribution in [-0.2, 0) is 23.6 Å². The summed E-state index contributed by atoms with van der Waals surface area (Å²) in [6, 6.07) is 2.50. The Labute approximate surface area is 115 Å². The van der Waals surface area contributed by atoms with E-state index < -0.39 is 21.7 Å². The topological polar surface area (TPSA) is 55.2 Å². The van der Waals surface area contributed by atoms with Gasteiger partial charge in [-0.3, -0.25) is 4.68 Å². The first-order valence-corrected chi connectivity index (χ1v) is 7.13. The maximum absolute atomic E-state index is 13.1. The number of aromatic nitrogens is 2. The molecular weight excluding hydrogens is 288 g/mol. The molecule has 0 saturated carbocycles. The van der Waals surface area contributed by atoms with E-state index in [2.05, 4.69) is 5.10 Å². The van der Waals surface area contributed by atoms with E-state index in [0.29, 0.717) is 11.6 Å². The van der Waals surface area contributed by atoms with E-state index >= 15 is 0 Å². The van der Waals surface area contributed by atoms with Crippen molar-refractivity contribution in [2.45, 2.75) is 11.4 Å². The Balaban J connectivity index is 2.27. The van der Waals surface area contributed by atoms with Crippen LogP contribution in [0.2, 0.25) is 0 Å². The van der Waals surface area contributed by atoms with E-state index in [1.807, 2.05) is 0 Å². The molecule has 5 nitrogen and oxygen atoms in total. The lowest BCUT2D eigenvalue weighted by Gasteiger charge is -2.16. The molecule has 0 radical (unpaired) electrons. The second-order valence-corrected chi connectivity index (χ2v) is 6.40. The summed E-state index contributed by atoms with van der Waals surface area (Å²) in [7, 11) is -0.797. The highest BCUT2D eigenvalue weighted by Crippen LogP contribution is 2.18. The molecule has 0 spiro atoms. The van der Waals surface area contributed by atoms with Gasteiger partial charge < -0.3 is 0 Å². The summed E-state index contributed by atoms with van der Waals surface area (Å²) in [5.41, 5.74) is 0.696. The van der Waals surface area contributed by atoms with Crippen LogP contribution in [0.4, 0.5) is 8.78 Å². The Kier molecular flexibility index (Phi) is 3.87. The summed E-state index contributed by atoms with van der Waals surface area (Å²) < 4.78 is 53.0. The maximum atomic E-state index is 13.1. The van der Waals surface area contributed by atoms with Gasteiger partial charge in [0.05, 0.1) is 11.1 Å². The van der Waals surface area contributed by atoms with E-state index in [0.717, 1.165) is 16.4 Å². The molecule has 0 unspecified atom stereocenters. The van der Waals surface area contributed by atoms with Crippen LogP contribution >= 0.6 is 0 Å². The maximum Gasteiger partial charge on any atom is 0.243 e. The molecule has 0 saturated heterocycles. The van der Waals surface area contributed by atoms with Gasteiger partial charge >= 0.3 is 0 Å². The minimum absolute atomic E-state index is 0.0924. The molecule has 1 aromatic heterocycles. The summed E-state index contributed by atoms with van der Waals surface area (Å²) in [4.78, 5) is -0.289. The van der Waals surface area contributed by atoms with Crippen LogP contribution in [0, 0.1) is 11.6 Å². The number of halogens is 2. The molecule has 2 rings (SSSR count). The highest BCUT2D eigenvalue weighted by molar-refractivity contribution is 7.89. The first kappa shape index (κ1) is 14.6. The van der Waals surface area contributed by atoms with E-state index in [9.17, 15) is 17.2 Å². The standard InChI is InChI=1S/C12H13F2N3O2S/c1-16-7-9(6-15-16)8-17(2)20(18,19)10-3-4-11(13)12(14)5-10/h3-7H,8H2,1-2H3. The molecule has 0 bridgehead atoms. The monoisotopic (exact) mass is 301 g/mol. The van der Waals surface area contributed by atoms with Crippen molar-refractivity contribution >= 4 is 10.0 Å². The SMILES string of the molecule is CN(Cc1cnn(C)c1)S(=O)(=O)c1ccc(F)c(F)c1. The smallest absolute Gasteiger partial charge is 0.243 e. The van der Waals surface area contributed by atoms with Gasteiger partial charge in [-0.15, -0.1) is 0 Å². The fourth-order valence-electron chi connectivity index (χ4n) is 1.71. The van der Waals surface area contributed by atoms with Gasteiger partial charge in [0.15, 0.2) is 11.6 Å². The Bertz CT molecular complexity index is 728. The highest BCUT2D eigenvalue weighted by Gasteiger charge is 2.22. The van der Waals surface area contributed by atoms with Crippen LogP contribution in [0.15, 0.2) is 35.5 Å². The quantitative estimate of drug-likeness (QED) is 0.860. The molecule has 1 heterocycles. The Morgan fingerprint density at radius 3 is 2.55 bits per heavy atom. The van der Waals surface area contributed by atoms with Gasteiger partial charge in [0.2, 0.25) is 10.0 Å². The minimum atomic E-state index is -3.88. The van der Waals surface area contributed by atoms with Crippen molar-refractivity contribution in [3.05, 3.63) is 47.8 Å². The molecule has 0 atom stereocenters. The van der Waals surface area contributed by atoms with Gasteiger partial charge in [-0.2, -0.15) is 9.40 Å². The second-order valence-electron chi connectivity index (χ2n) is 4.36. The zero-order valence-electron chi connectivity index (χ0n) is 10.9. The van der Waals surface area contributed by atoms with Gasteiger partial charge in [0, 0.05) is 32.4 Å². The summed E-state index contributed by atoms with van der Waals surface area (Å²) in [5.74, 6) is -2.28. The van der Waals surface area contributed by atoms with Crippen molar-refractivity contribution < 1.29 is 17.2 Å². The van der Waals surface area contributed by atoms with Gasteiger partial charge in [0.1, 0.15) is 0 Å². The van der Waals surface area contributed by atoms with E-state index in [4.69, 9.17) is 0 Å². The van der Waals surface area contributed by atoms with Gasteiger partial charge in [-0.1, -0.05) is 0 Å². The van der Waals surface area contributed by atoms with Crippen LogP contribution in [0.25, 0.3) is 0 Å². The fraction of sp³-hybridized carbons (Fsp3) is 0.250. The predicted octanol–water partition coefficient (Wildman–Crippen LogP) is 1.52. The third-order valence-electron chi connectivity index (χ3n) is 2.76. The number of hydrogen-bond donors (Lipinski definition) is 0. The van der Waals surface area contributed by atoms with E-state index in [1.54, 1.807) is 17.9 Å². The lowest BCUT2D eigenvalue weighted by molar-refractivity contribution is 0.463. The van der Waals surface area contributed by atoms with Crippen molar-refractivity contribution in [2.75, 3.05) is 7.05 Å². The lowest BCUT2D eigenvalue weighted by Crippen LogP contribution is -2.26. The average Bonchev–Trinajstić information content (AvgIpc) is 2.78. The van der Waals surface area contributed by atoms with Crippen LogP contribution in [0.3, 0.4) is 0 Å². The molecule has 0 aliphatic heterocycles. The second kappa shape index (κ2) is 5.29. The van der Waals surface area contributed by atoms with Crippen molar-refractivity contribution in [3.63, 3.8) is 0 Å². The fourth-order valence-corrected chi connectivity index (χ4v) is 2.88. The molecule has 20 heavy (non-hydrogen) atoms. The first-order chi connectivity index (χ1) is 9.30. The molecule has 0 amide bonds. The molecule has 0 N–H and O–H groups in total. The van der Waals surface area contributed by atoms with Crippen molar-refractivity contribution in [1.82, 2.24) is 14.1 Å². The van der Waals surface area contributed by atoms with Crippen molar-refractivity contribution in [3.8, 4) is 0 Å². The Morgan fingerprint density at radius 2 is 2.00 bits per heavy atom. The van der Waals surface area contributed by atoms with Crippen LogP contribution in [0.1, 0.15) is 5.56 Å². The summed E-state index contributed by atoms with van der Waals surface area (Å²) in [6.45, 7) is 0.0924. The van der Waals surface area contributed by atoms with E-state index in [1.165, 1.54) is 13.2 Å². The number of aryl methyl sites for hydroxylation is 1. The van der Waals surface area contributed by atoms with Gasteiger partial charge in [0.25, 0.3) is 0 Å². The minimum Gasteiger partial charge on any atom is -0.275 e. The van der Waals surface area contributed by atoms with Gasteiger partial charge in [-0.05, 0) is 18.2 Å². The average molecular weight is 301 g/mol. The lowest BCUT2D eigenvalue weighted by atomic mass is 10.3. The van der Waals surface area contributed by atoms with Crippen LogP contribution in [0.5, 0.6) is 0 Å². The number of sulfonamides is 1. The molecular formula is C12H13F2N3O2S. The summed E-state index contributed by atoms with van der Waals surface area (Å²) in [5, 5.41) is 3.94. The zero-order valence-corrected chi connectivity index (χ0v) is 11.7. The largest absolute Gasteiger partial charge is 0.275 e. The third kappa shape index (κ3) is 2.86. The molecule has 0 aliphatic carbocycles. The zero-order chi connectivity index (χ0) is 14.9. The third-order valence-corrected chi connectivity index (χ3v) is 4.56. The number of hydrogen-bond acceptors (Lipinski definition) is 3. The Hall–Kier alpha value is -1.80. The predicted molar refractivity (Wildman–Crippen MR) is 68.2 cm³/mol. The first-order valence-electron chi connectivity index (χ1n) is 5.69. The van der Waals surface area contributed by atoms with Gasteiger partial charge in [-0.25, -0.2) is 17.2 Å². The van der Waals surface area contributed by atoms with Crippen LogP contribution < -0.4 is 0 Å². The normalized spacial score (nSPS) is 12.1. The molecule has 0 fully saturated rings. The molecule has 2 aromatic rings.